The average Bonchev–Trinajstić information content (AvgIpc) is 3.12. The van der Waals surface area contributed by atoms with E-state index in [1.165, 1.54) is 0 Å². The van der Waals surface area contributed by atoms with Crippen molar-refractivity contribution in [1.82, 2.24) is 4.72 Å². The van der Waals surface area contributed by atoms with Gasteiger partial charge >= 0.3 is 0 Å². The molecule has 1 heterocycles. The van der Waals surface area contributed by atoms with Gasteiger partial charge in [-0.1, -0.05) is 47.5 Å². The Balaban J connectivity index is 1.76. The Labute approximate surface area is 176 Å². The number of fused-ring (bicyclic) bond motifs is 3. The number of anilines is 1. The summed E-state index contributed by atoms with van der Waals surface area (Å²) in [5.74, 6) is 0.380. The second-order valence-corrected chi connectivity index (χ2v) is 10.1. The van der Waals surface area contributed by atoms with Crippen molar-refractivity contribution >= 4 is 38.9 Å². The van der Waals surface area contributed by atoms with Gasteiger partial charge < -0.3 is 5.32 Å². The molecule has 0 spiro atoms. The van der Waals surface area contributed by atoms with Crippen LogP contribution in [0.15, 0.2) is 53.4 Å². The van der Waals surface area contributed by atoms with E-state index in [1.807, 2.05) is 32.0 Å². The summed E-state index contributed by atoms with van der Waals surface area (Å²) in [5.41, 5.74) is 2.90. The minimum Gasteiger partial charge on any atom is -0.378 e. The molecule has 3 unspecified atom stereocenters. The van der Waals surface area contributed by atoms with Gasteiger partial charge in [0.15, 0.2) is 0 Å². The Morgan fingerprint density at radius 1 is 1.14 bits per heavy atom. The van der Waals surface area contributed by atoms with Crippen LogP contribution in [-0.4, -0.2) is 14.5 Å². The smallest absolute Gasteiger partial charge is 0.240 e. The molecule has 1 aliphatic carbocycles. The van der Waals surface area contributed by atoms with E-state index in [0.29, 0.717) is 14.9 Å². The molecule has 0 saturated heterocycles. The molecule has 2 aliphatic rings. The Hall–Kier alpha value is -1.53. The van der Waals surface area contributed by atoms with Gasteiger partial charge in [-0.15, -0.1) is 0 Å². The van der Waals surface area contributed by atoms with Gasteiger partial charge in [-0.05, 0) is 61.6 Å². The van der Waals surface area contributed by atoms with Crippen molar-refractivity contribution in [3.63, 3.8) is 0 Å². The zero-order valence-electron chi connectivity index (χ0n) is 15.6. The van der Waals surface area contributed by atoms with Gasteiger partial charge in [-0.25, -0.2) is 13.1 Å². The average molecular weight is 437 g/mol. The topological polar surface area (TPSA) is 58.2 Å². The second-order valence-electron chi connectivity index (χ2n) is 7.64. The number of sulfonamides is 1. The van der Waals surface area contributed by atoms with Gasteiger partial charge in [0.05, 0.1) is 21.0 Å². The lowest BCUT2D eigenvalue weighted by Gasteiger charge is -2.38. The fourth-order valence-electron chi connectivity index (χ4n) is 4.19. The summed E-state index contributed by atoms with van der Waals surface area (Å²) < 4.78 is 27.9. The first-order valence-corrected chi connectivity index (χ1v) is 11.5. The van der Waals surface area contributed by atoms with Gasteiger partial charge in [0.25, 0.3) is 0 Å². The maximum atomic E-state index is 12.6. The second kappa shape index (κ2) is 7.38. The van der Waals surface area contributed by atoms with Crippen LogP contribution in [0.4, 0.5) is 5.69 Å². The molecule has 1 aliphatic heterocycles. The molecule has 28 heavy (non-hydrogen) atoms. The van der Waals surface area contributed by atoms with Gasteiger partial charge in [0, 0.05) is 17.6 Å². The molecule has 0 fully saturated rings. The molecule has 0 bridgehead atoms. The van der Waals surface area contributed by atoms with Gasteiger partial charge in [-0.2, -0.15) is 0 Å². The Bertz CT molecular complexity index is 1050. The van der Waals surface area contributed by atoms with E-state index >= 15 is 0 Å². The van der Waals surface area contributed by atoms with E-state index in [2.05, 4.69) is 22.2 Å². The van der Waals surface area contributed by atoms with Gasteiger partial charge in [-0.3, -0.25) is 0 Å². The molecule has 148 valence electrons. The third kappa shape index (κ3) is 3.45. The van der Waals surface area contributed by atoms with Crippen LogP contribution in [0.1, 0.15) is 43.4 Å². The third-order valence-electron chi connectivity index (χ3n) is 5.35. The minimum absolute atomic E-state index is 0.00921. The van der Waals surface area contributed by atoms with E-state index in [9.17, 15) is 8.42 Å². The lowest BCUT2D eigenvalue weighted by molar-refractivity contribution is 0.425. The standard InChI is InChI=1S/C21H22Cl2N2O2S/c1-12(2)25-28(26,27)13-9-10-19-17(11-13)14-5-3-6-15(14)21(24-19)16-7-4-8-18(22)20(16)23/h3-5,7-12,14-15,21,24-25H,6H2,1-2H3. The van der Waals surface area contributed by atoms with Crippen LogP contribution < -0.4 is 10.0 Å². The van der Waals surface area contributed by atoms with Crippen molar-refractivity contribution in [1.29, 1.82) is 0 Å². The van der Waals surface area contributed by atoms with E-state index in [1.54, 1.807) is 18.2 Å². The molecule has 0 radical (unpaired) electrons. The lowest BCUT2D eigenvalue weighted by Crippen LogP contribution is -2.32. The number of hydrogen-bond acceptors (Lipinski definition) is 3. The summed E-state index contributed by atoms with van der Waals surface area (Å²) in [6.07, 6.45) is 5.22. The highest BCUT2D eigenvalue weighted by molar-refractivity contribution is 7.89. The van der Waals surface area contributed by atoms with E-state index in [4.69, 9.17) is 23.2 Å². The molecule has 0 amide bonds. The Morgan fingerprint density at radius 2 is 1.93 bits per heavy atom. The van der Waals surface area contributed by atoms with Crippen LogP contribution in [0.5, 0.6) is 0 Å². The summed E-state index contributed by atoms with van der Waals surface area (Å²) in [4.78, 5) is 0.292. The molecule has 3 atom stereocenters. The van der Waals surface area contributed by atoms with E-state index in [-0.39, 0.29) is 23.9 Å². The molecule has 0 aromatic heterocycles. The highest BCUT2D eigenvalue weighted by Gasteiger charge is 2.39. The Morgan fingerprint density at radius 3 is 2.68 bits per heavy atom. The van der Waals surface area contributed by atoms with Crippen LogP contribution in [0.3, 0.4) is 0 Å². The zero-order chi connectivity index (χ0) is 20.1. The van der Waals surface area contributed by atoms with Gasteiger partial charge in [0.1, 0.15) is 0 Å². The molecule has 4 rings (SSSR count). The number of allylic oxidation sites excluding steroid dienone is 2. The first kappa shape index (κ1) is 19.8. The normalized spacial score (nSPS) is 23.4. The molecule has 2 aromatic rings. The molecule has 0 saturated carbocycles. The lowest BCUT2D eigenvalue weighted by atomic mass is 9.77. The summed E-state index contributed by atoms with van der Waals surface area (Å²) in [5, 5.41) is 4.68. The molecule has 4 nitrogen and oxygen atoms in total. The number of benzene rings is 2. The van der Waals surface area contributed by atoms with Crippen molar-refractivity contribution in [2.45, 2.75) is 43.2 Å². The number of rotatable bonds is 4. The molecular weight excluding hydrogens is 415 g/mol. The van der Waals surface area contributed by atoms with Crippen LogP contribution >= 0.6 is 23.2 Å². The summed E-state index contributed by atoms with van der Waals surface area (Å²) >= 11 is 12.7. The molecule has 7 heteroatoms. The van der Waals surface area contributed by atoms with Crippen LogP contribution in [-0.2, 0) is 10.0 Å². The van der Waals surface area contributed by atoms with Crippen molar-refractivity contribution in [3.8, 4) is 0 Å². The maximum absolute atomic E-state index is 12.6. The predicted octanol–water partition coefficient (Wildman–Crippen LogP) is 5.51. The highest BCUT2D eigenvalue weighted by atomic mass is 35.5. The first-order valence-electron chi connectivity index (χ1n) is 9.31. The minimum atomic E-state index is -3.54. The summed E-state index contributed by atoms with van der Waals surface area (Å²) in [6, 6.07) is 10.8. The predicted molar refractivity (Wildman–Crippen MR) is 115 cm³/mol. The molecular formula is C21H22Cl2N2O2S. The quantitative estimate of drug-likeness (QED) is 0.621. The Kier molecular flexibility index (Phi) is 5.21. The first-order chi connectivity index (χ1) is 13.3. The van der Waals surface area contributed by atoms with Crippen LogP contribution in [0.2, 0.25) is 10.0 Å². The van der Waals surface area contributed by atoms with E-state index in [0.717, 1.165) is 23.2 Å². The largest absolute Gasteiger partial charge is 0.378 e. The SMILES string of the molecule is CC(C)NS(=O)(=O)c1ccc2c(c1)C1C=CCC1C(c1cccc(Cl)c1Cl)N2. The fraction of sp³-hybridized carbons (Fsp3) is 0.333. The maximum Gasteiger partial charge on any atom is 0.240 e. The van der Waals surface area contributed by atoms with Crippen molar-refractivity contribution in [2.75, 3.05) is 5.32 Å². The monoisotopic (exact) mass is 436 g/mol. The van der Waals surface area contributed by atoms with Gasteiger partial charge in [0.2, 0.25) is 10.0 Å². The number of nitrogens with one attached hydrogen (secondary N) is 2. The summed E-state index contributed by atoms with van der Waals surface area (Å²) in [6.45, 7) is 3.62. The summed E-state index contributed by atoms with van der Waals surface area (Å²) in [7, 11) is -3.54. The van der Waals surface area contributed by atoms with Crippen molar-refractivity contribution in [3.05, 3.63) is 69.7 Å². The third-order valence-corrected chi connectivity index (χ3v) is 7.84. The number of halogens is 2. The van der Waals surface area contributed by atoms with Crippen LogP contribution in [0, 0.1) is 5.92 Å². The highest BCUT2D eigenvalue weighted by Crippen LogP contribution is 2.51. The van der Waals surface area contributed by atoms with Crippen molar-refractivity contribution in [2.24, 2.45) is 5.92 Å². The van der Waals surface area contributed by atoms with E-state index < -0.39 is 10.0 Å². The number of hydrogen-bond donors (Lipinski definition) is 2. The molecule has 2 N–H and O–H groups in total. The van der Waals surface area contributed by atoms with Crippen LogP contribution in [0.25, 0.3) is 0 Å². The van der Waals surface area contributed by atoms with Crippen molar-refractivity contribution < 1.29 is 8.42 Å². The molecule has 2 aromatic carbocycles. The zero-order valence-corrected chi connectivity index (χ0v) is 17.9. The fourth-order valence-corrected chi connectivity index (χ4v) is 5.90.